The highest BCUT2D eigenvalue weighted by Crippen LogP contribution is 2.60. The molecule has 0 heterocycles. The van der Waals surface area contributed by atoms with Gasteiger partial charge in [-0.15, -0.1) is 0 Å². The fourth-order valence-electron chi connectivity index (χ4n) is 5.36. The number of carbonyl (C=O) groups excluding carboxylic acids is 3. The van der Waals surface area contributed by atoms with Crippen molar-refractivity contribution in [2.24, 2.45) is 29.1 Å². The Kier molecular flexibility index (Phi) is 3.58. The van der Waals surface area contributed by atoms with Crippen molar-refractivity contribution in [1.82, 2.24) is 16.2 Å². The minimum absolute atomic E-state index is 0.0419. The normalized spacial score (nSPS) is 37.3. The van der Waals surface area contributed by atoms with Gasteiger partial charge in [-0.3, -0.25) is 25.2 Å². The Morgan fingerprint density at radius 1 is 0.870 bits per heavy atom. The van der Waals surface area contributed by atoms with Gasteiger partial charge in [0.15, 0.2) is 0 Å². The number of hydrogen-bond donors (Lipinski definition) is 3. The van der Waals surface area contributed by atoms with Crippen LogP contribution in [-0.2, 0) is 14.4 Å². The van der Waals surface area contributed by atoms with E-state index in [9.17, 15) is 14.4 Å². The Morgan fingerprint density at radius 2 is 1.43 bits per heavy atom. The van der Waals surface area contributed by atoms with Gasteiger partial charge in [0.25, 0.3) is 5.91 Å². The maximum atomic E-state index is 12.7. The predicted molar refractivity (Wildman–Crippen MR) is 82.6 cm³/mol. The van der Waals surface area contributed by atoms with Crippen molar-refractivity contribution in [3.05, 3.63) is 0 Å². The van der Waals surface area contributed by atoms with Gasteiger partial charge in [-0.2, -0.15) is 0 Å². The number of hydrazine groups is 1. The molecule has 0 aliphatic heterocycles. The molecule has 5 aliphatic rings. The van der Waals surface area contributed by atoms with Crippen molar-refractivity contribution in [3.63, 3.8) is 0 Å². The van der Waals surface area contributed by atoms with E-state index < -0.39 is 0 Å². The molecule has 0 spiro atoms. The van der Waals surface area contributed by atoms with Crippen LogP contribution in [0.2, 0.25) is 0 Å². The molecule has 23 heavy (non-hydrogen) atoms. The smallest absolute Gasteiger partial charge is 0.257 e. The van der Waals surface area contributed by atoms with Crippen LogP contribution in [0.15, 0.2) is 0 Å². The second kappa shape index (κ2) is 5.49. The Balaban J connectivity index is 1.26. The molecule has 126 valence electrons. The summed E-state index contributed by atoms with van der Waals surface area (Å²) in [5.41, 5.74) is 4.56. The summed E-state index contributed by atoms with van der Waals surface area (Å²) in [6.45, 7) is -0.0640. The van der Waals surface area contributed by atoms with E-state index in [1.807, 2.05) is 0 Å². The largest absolute Gasteiger partial charge is 0.346 e. The van der Waals surface area contributed by atoms with Gasteiger partial charge in [0, 0.05) is 11.3 Å². The Morgan fingerprint density at radius 3 is 1.96 bits per heavy atom. The zero-order valence-corrected chi connectivity index (χ0v) is 13.4. The first-order valence-electron chi connectivity index (χ1n) is 8.91. The maximum Gasteiger partial charge on any atom is 0.257 e. The van der Waals surface area contributed by atoms with Gasteiger partial charge in [-0.1, -0.05) is 0 Å². The molecular weight excluding hydrogens is 294 g/mol. The summed E-state index contributed by atoms with van der Waals surface area (Å²) in [6, 6.07) is 0. The molecule has 6 heteroatoms. The molecule has 0 aromatic carbocycles. The molecule has 3 amide bonds. The SMILES string of the molecule is O=C(CNC(=O)C12CC3CC(CC(C3)C1)C2)NNC(=O)C1CC1. The second-order valence-corrected chi connectivity index (χ2v) is 8.19. The van der Waals surface area contributed by atoms with Crippen molar-refractivity contribution in [2.45, 2.75) is 51.4 Å². The third kappa shape index (κ3) is 2.95. The van der Waals surface area contributed by atoms with Gasteiger partial charge in [0.05, 0.1) is 6.54 Å². The van der Waals surface area contributed by atoms with E-state index in [4.69, 9.17) is 0 Å². The lowest BCUT2D eigenvalue weighted by atomic mass is 9.49. The van der Waals surface area contributed by atoms with E-state index in [0.29, 0.717) is 17.8 Å². The number of rotatable bonds is 4. The zero-order valence-electron chi connectivity index (χ0n) is 13.4. The first-order valence-corrected chi connectivity index (χ1v) is 8.91. The van der Waals surface area contributed by atoms with Gasteiger partial charge in [-0.05, 0) is 69.1 Å². The highest BCUT2D eigenvalue weighted by Gasteiger charge is 2.54. The van der Waals surface area contributed by atoms with Crippen LogP contribution in [-0.4, -0.2) is 24.3 Å². The molecule has 0 aromatic rings. The van der Waals surface area contributed by atoms with E-state index in [1.54, 1.807) is 0 Å². The molecule has 0 radical (unpaired) electrons. The van der Waals surface area contributed by atoms with Crippen molar-refractivity contribution in [1.29, 1.82) is 0 Å². The second-order valence-electron chi connectivity index (χ2n) is 8.19. The number of carbonyl (C=O) groups is 3. The molecule has 0 saturated heterocycles. The van der Waals surface area contributed by atoms with Crippen LogP contribution in [0.5, 0.6) is 0 Å². The van der Waals surface area contributed by atoms with Crippen LogP contribution in [0, 0.1) is 29.1 Å². The first kappa shape index (κ1) is 15.0. The number of hydrogen-bond acceptors (Lipinski definition) is 3. The summed E-state index contributed by atoms with van der Waals surface area (Å²) in [5.74, 6) is 1.72. The summed E-state index contributed by atoms with van der Waals surface area (Å²) in [7, 11) is 0. The Hall–Kier alpha value is -1.59. The van der Waals surface area contributed by atoms with Crippen molar-refractivity contribution < 1.29 is 14.4 Å². The number of nitrogens with one attached hydrogen (secondary N) is 3. The minimum atomic E-state index is -0.364. The lowest BCUT2D eigenvalue weighted by Crippen LogP contribution is -2.55. The maximum absolute atomic E-state index is 12.7. The minimum Gasteiger partial charge on any atom is -0.346 e. The third-order valence-corrected chi connectivity index (χ3v) is 6.20. The Bertz CT molecular complexity index is 506. The summed E-state index contributed by atoms with van der Waals surface area (Å²) in [6.07, 6.45) is 8.64. The molecule has 5 saturated carbocycles. The molecule has 3 N–H and O–H groups in total. The molecule has 5 rings (SSSR count). The van der Waals surface area contributed by atoms with Crippen LogP contribution < -0.4 is 16.2 Å². The molecule has 0 atom stereocenters. The quantitative estimate of drug-likeness (QED) is 0.672. The lowest BCUT2D eigenvalue weighted by molar-refractivity contribution is -0.147. The molecule has 4 bridgehead atoms. The van der Waals surface area contributed by atoms with E-state index in [2.05, 4.69) is 16.2 Å². The third-order valence-electron chi connectivity index (χ3n) is 6.20. The van der Waals surface area contributed by atoms with Gasteiger partial charge in [0.2, 0.25) is 11.8 Å². The van der Waals surface area contributed by atoms with Crippen LogP contribution >= 0.6 is 0 Å². The molecule has 0 unspecified atom stereocenters. The molecule has 6 nitrogen and oxygen atoms in total. The van der Waals surface area contributed by atoms with Crippen LogP contribution in [0.3, 0.4) is 0 Å². The Labute approximate surface area is 136 Å². The van der Waals surface area contributed by atoms with Crippen molar-refractivity contribution >= 4 is 17.7 Å². The van der Waals surface area contributed by atoms with E-state index in [-0.39, 0.29) is 35.6 Å². The lowest BCUT2D eigenvalue weighted by Gasteiger charge is -2.55. The van der Waals surface area contributed by atoms with Gasteiger partial charge in [0.1, 0.15) is 0 Å². The van der Waals surface area contributed by atoms with Crippen LogP contribution in [0.4, 0.5) is 0 Å². The highest BCUT2D eigenvalue weighted by molar-refractivity contribution is 5.89. The monoisotopic (exact) mass is 319 g/mol. The average molecular weight is 319 g/mol. The summed E-state index contributed by atoms with van der Waals surface area (Å²) < 4.78 is 0. The van der Waals surface area contributed by atoms with E-state index >= 15 is 0 Å². The zero-order chi connectivity index (χ0) is 16.0. The first-order chi connectivity index (χ1) is 11.0. The van der Waals surface area contributed by atoms with E-state index in [0.717, 1.165) is 32.1 Å². The van der Waals surface area contributed by atoms with Gasteiger partial charge < -0.3 is 5.32 Å². The summed E-state index contributed by atoms with van der Waals surface area (Å²) in [4.78, 5) is 35.9. The molecule has 5 aliphatic carbocycles. The fraction of sp³-hybridized carbons (Fsp3) is 0.824. The van der Waals surface area contributed by atoms with Crippen LogP contribution in [0.1, 0.15) is 51.4 Å². The summed E-state index contributed by atoms with van der Waals surface area (Å²) >= 11 is 0. The highest BCUT2D eigenvalue weighted by atomic mass is 16.2. The van der Waals surface area contributed by atoms with E-state index in [1.165, 1.54) is 19.3 Å². The fourth-order valence-corrected chi connectivity index (χ4v) is 5.36. The molecule has 0 aromatic heterocycles. The average Bonchev–Trinajstić information content (AvgIpc) is 3.33. The van der Waals surface area contributed by atoms with Crippen molar-refractivity contribution in [2.75, 3.05) is 6.54 Å². The molecular formula is C17H25N3O3. The summed E-state index contributed by atoms with van der Waals surface area (Å²) in [5, 5.41) is 2.81. The predicted octanol–water partition coefficient (Wildman–Crippen LogP) is 0.876. The number of amides is 3. The van der Waals surface area contributed by atoms with Gasteiger partial charge >= 0.3 is 0 Å². The standard InChI is InChI=1S/C17H25N3O3/c21-14(19-20-15(22)13-1-2-13)9-18-16(23)17-6-10-3-11(7-17)5-12(4-10)8-17/h10-13H,1-9H2,(H,18,23)(H,19,21)(H,20,22). The topological polar surface area (TPSA) is 87.3 Å². The van der Waals surface area contributed by atoms with Gasteiger partial charge in [-0.25, -0.2) is 0 Å². The molecule has 5 fully saturated rings. The van der Waals surface area contributed by atoms with Crippen LogP contribution in [0.25, 0.3) is 0 Å². The van der Waals surface area contributed by atoms with Crippen molar-refractivity contribution in [3.8, 4) is 0 Å².